The van der Waals surface area contributed by atoms with Crippen molar-refractivity contribution in [2.24, 2.45) is 11.7 Å². The summed E-state index contributed by atoms with van der Waals surface area (Å²) < 4.78 is 1.84. The van der Waals surface area contributed by atoms with E-state index >= 15 is 0 Å². The van der Waals surface area contributed by atoms with Crippen LogP contribution in [0.5, 0.6) is 0 Å². The number of halogens is 1. The Labute approximate surface area is 174 Å². The highest BCUT2D eigenvalue weighted by Crippen LogP contribution is 2.32. The van der Waals surface area contributed by atoms with Gasteiger partial charge in [-0.1, -0.05) is 54.1 Å². The zero-order chi connectivity index (χ0) is 20.2. The molecule has 1 unspecified atom stereocenters. The molecule has 29 heavy (non-hydrogen) atoms. The number of tetrazole rings is 1. The Morgan fingerprint density at radius 1 is 1.10 bits per heavy atom. The van der Waals surface area contributed by atoms with Gasteiger partial charge in [0, 0.05) is 10.9 Å². The summed E-state index contributed by atoms with van der Waals surface area (Å²) in [6.45, 7) is 2.09. The van der Waals surface area contributed by atoms with Gasteiger partial charge in [0.05, 0.1) is 12.6 Å². The SMILES string of the molecule is NC(=O)C1CCN(C(c2ccc(Cl)cc2)c2nnnn2Cc2ccccc2)CC1. The summed E-state index contributed by atoms with van der Waals surface area (Å²) >= 11 is 6.11. The Balaban J connectivity index is 1.66. The summed E-state index contributed by atoms with van der Waals surface area (Å²) in [6, 6.07) is 17.8. The van der Waals surface area contributed by atoms with Crippen LogP contribution in [0.1, 0.15) is 35.8 Å². The second-order valence-corrected chi connectivity index (χ2v) is 7.78. The fourth-order valence-corrected chi connectivity index (χ4v) is 4.01. The van der Waals surface area contributed by atoms with Crippen molar-refractivity contribution in [2.75, 3.05) is 13.1 Å². The van der Waals surface area contributed by atoms with Gasteiger partial charge in [-0.05, 0) is 59.6 Å². The van der Waals surface area contributed by atoms with Crippen molar-refractivity contribution in [2.45, 2.75) is 25.4 Å². The van der Waals surface area contributed by atoms with E-state index in [4.69, 9.17) is 17.3 Å². The number of aromatic nitrogens is 4. The van der Waals surface area contributed by atoms with Crippen LogP contribution in [0.25, 0.3) is 0 Å². The smallest absolute Gasteiger partial charge is 0.220 e. The quantitative estimate of drug-likeness (QED) is 0.674. The number of benzene rings is 2. The molecule has 0 bridgehead atoms. The summed E-state index contributed by atoms with van der Waals surface area (Å²) in [5.74, 6) is 0.479. The van der Waals surface area contributed by atoms with Crippen molar-refractivity contribution >= 4 is 17.5 Å². The number of carbonyl (C=O) groups is 1. The molecule has 0 radical (unpaired) electrons. The van der Waals surface area contributed by atoms with E-state index in [0.29, 0.717) is 11.6 Å². The molecule has 0 spiro atoms. The lowest BCUT2D eigenvalue weighted by Crippen LogP contribution is -2.41. The molecule has 150 valence electrons. The average Bonchev–Trinajstić information content (AvgIpc) is 3.18. The lowest BCUT2D eigenvalue weighted by atomic mass is 9.93. The highest BCUT2D eigenvalue weighted by molar-refractivity contribution is 6.30. The molecule has 1 aliphatic heterocycles. The molecular weight excluding hydrogens is 388 g/mol. The van der Waals surface area contributed by atoms with Crippen LogP contribution in [0, 0.1) is 5.92 Å². The minimum atomic E-state index is -0.221. The van der Waals surface area contributed by atoms with Crippen LogP contribution in [-0.2, 0) is 11.3 Å². The fraction of sp³-hybridized carbons (Fsp3) is 0.333. The number of primary amides is 1. The van der Waals surface area contributed by atoms with E-state index in [2.05, 4.69) is 32.6 Å². The van der Waals surface area contributed by atoms with Gasteiger partial charge in [0.1, 0.15) is 0 Å². The third-order valence-electron chi connectivity index (χ3n) is 5.46. The first-order valence-electron chi connectivity index (χ1n) is 9.70. The molecule has 7 nitrogen and oxygen atoms in total. The average molecular weight is 411 g/mol. The van der Waals surface area contributed by atoms with E-state index in [1.54, 1.807) is 0 Å². The van der Waals surface area contributed by atoms with Crippen LogP contribution in [0.4, 0.5) is 0 Å². The number of amides is 1. The molecule has 1 saturated heterocycles. The highest BCUT2D eigenvalue weighted by atomic mass is 35.5. The molecule has 1 atom stereocenters. The normalized spacial score (nSPS) is 16.6. The first kappa shape index (κ1) is 19.5. The first-order chi connectivity index (χ1) is 14.1. The van der Waals surface area contributed by atoms with E-state index in [9.17, 15) is 4.79 Å². The molecule has 2 heterocycles. The molecule has 1 amide bonds. The van der Waals surface area contributed by atoms with Gasteiger partial charge in [0.25, 0.3) is 0 Å². The lowest BCUT2D eigenvalue weighted by Gasteiger charge is -2.36. The molecule has 1 aliphatic rings. The van der Waals surface area contributed by atoms with Crippen molar-refractivity contribution in [3.05, 3.63) is 76.6 Å². The van der Waals surface area contributed by atoms with Crippen LogP contribution in [0.2, 0.25) is 5.02 Å². The molecular formula is C21H23ClN6O. The number of rotatable bonds is 6. The number of piperidine rings is 1. The van der Waals surface area contributed by atoms with Crippen LogP contribution >= 0.6 is 11.6 Å². The topological polar surface area (TPSA) is 89.9 Å². The third-order valence-corrected chi connectivity index (χ3v) is 5.71. The Hall–Kier alpha value is -2.77. The van der Waals surface area contributed by atoms with Gasteiger partial charge >= 0.3 is 0 Å². The molecule has 1 aromatic heterocycles. The van der Waals surface area contributed by atoms with Crippen molar-refractivity contribution < 1.29 is 4.79 Å². The maximum absolute atomic E-state index is 11.6. The molecule has 1 fully saturated rings. The van der Waals surface area contributed by atoms with Gasteiger partial charge in [-0.25, -0.2) is 4.68 Å². The van der Waals surface area contributed by atoms with Gasteiger partial charge in [0.15, 0.2) is 5.82 Å². The van der Waals surface area contributed by atoms with Gasteiger partial charge in [-0.15, -0.1) is 5.10 Å². The third kappa shape index (κ3) is 4.46. The summed E-state index contributed by atoms with van der Waals surface area (Å²) in [4.78, 5) is 13.9. The number of likely N-dealkylation sites (tertiary alicyclic amines) is 1. The zero-order valence-corrected chi connectivity index (χ0v) is 16.7. The van der Waals surface area contributed by atoms with Crippen LogP contribution in [0.15, 0.2) is 54.6 Å². The zero-order valence-electron chi connectivity index (χ0n) is 16.0. The van der Waals surface area contributed by atoms with E-state index in [1.807, 2.05) is 47.1 Å². The predicted octanol–water partition coefficient (Wildman–Crippen LogP) is 2.66. The monoisotopic (exact) mass is 410 g/mol. The van der Waals surface area contributed by atoms with Crippen LogP contribution < -0.4 is 5.73 Å². The van der Waals surface area contributed by atoms with Gasteiger partial charge in [0.2, 0.25) is 5.91 Å². The maximum Gasteiger partial charge on any atom is 0.220 e. The Morgan fingerprint density at radius 2 is 1.79 bits per heavy atom. The summed E-state index contributed by atoms with van der Waals surface area (Å²) in [6.07, 6.45) is 1.47. The van der Waals surface area contributed by atoms with Crippen molar-refractivity contribution in [3.8, 4) is 0 Å². The minimum absolute atomic E-state index is 0.0718. The minimum Gasteiger partial charge on any atom is -0.369 e. The van der Waals surface area contributed by atoms with Gasteiger partial charge in [-0.2, -0.15) is 0 Å². The number of carbonyl (C=O) groups excluding carboxylic acids is 1. The summed E-state index contributed by atoms with van der Waals surface area (Å²) in [7, 11) is 0. The Bertz CT molecular complexity index is 951. The van der Waals surface area contributed by atoms with Crippen molar-refractivity contribution in [3.63, 3.8) is 0 Å². The number of hydrogen-bond donors (Lipinski definition) is 1. The molecule has 2 N–H and O–H groups in total. The van der Waals surface area contributed by atoms with Crippen molar-refractivity contribution in [1.29, 1.82) is 0 Å². The van der Waals surface area contributed by atoms with Gasteiger partial charge < -0.3 is 5.73 Å². The number of hydrogen-bond acceptors (Lipinski definition) is 5. The molecule has 2 aromatic carbocycles. The standard InChI is InChI=1S/C21H23ClN6O/c22-18-8-6-16(7-9-18)19(27-12-10-17(11-13-27)20(23)29)21-24-25-26-28(21)14-15-4-2-1-3-5-15/h1-9,17,19H,10-14H2,(H2,23,29). The number of nitrogens with two attached hydrogens (primary N) is 1. The largest absolute Gasteiger partial charge is 0.369 e. The van der Waals surface area contributed by atoms with Crippen LogP contribution in [0.3, 0.4) is 0 Å². The van der Waals surface area contributed by atoms with E-state index in [1.165, 1.54) is 0 Å². The molecule has 8 heteroatoms. The molecule has 4 rings (SSSR count). The summed E-state index contributed by atoms with van der Waals surface area (Å²) in [5, 5.41) is 13.3. The highest BCUT2D eigenvalue weighted by Gasteiger charge is 2.32. The van der Waals surface area contributed by atoms with E-state index < -0.39 is 0 Å². The maximum atomic E-state index is 11.6. The molecule has 3 aromatic rings. The summed E-state index contributed by atoms with van der Waals surface area (Å²) in [5.41, 5.74) is 7.71. The predicted molar refractivity (Wildman–Crippen MR) is 110 cm³/mol. The molecule has 0 saturated carbocycles. The first-order valence-corrected chi connectivity index (χ1v) is 10.1. The second kappa shape index (κ2) is 8.71. The van der Waals surface area contributed by atoms with Crippen LogP contribution in [-0.4, -0.2) is 44.1 Å². The lowest BCUT2D eigenvalue weighted by molar-refractivity contribution is -0.123. The van der Waals surface area contributed by atoms with Gasteiger partial charge in [-0.3, -0.25) is 9.69 Å². The second-order valence-electron chi connectivity index (χ2n) is 7.35. The fourth-order valence-electron chi connectivity index (χ4n) is 3.89. The molecule has 0 aliphatic carbocycles. The van der Waals surface area contributed by atoms with E-state index in [0.717, 1.165) is 42.9 Å². The number of nitrogens with zero attached hydrogens (tertiary/aromatic N) is 5. The Morgan fingerprint density at radius 3 is 2.45 bits per heavy atom. The van der Waals surface area contributed by atoms with E-state index in [-0.39, 0.29) is 17.9 Å². The van der Waals surface area contributed by atoms with Crippen molar-refractivity contribution in [1.82, 2.24) is 25.1 Å². The Kier molecular flexibility index (Phi) is 5.87.